The quantitative estimate of drug-likeness (QED) is 0.506. The molecule has 37 heavy (non-hydrogen) atoms. The lowest BCUT2D eigenvalue weighted by atomic mass is 10.1. The van der Waals surface area contributed by atoms with Crippen LogP contribution in [-0.4, -0.2) is 87.8 Å². The average Bonchev–Trinajstić information content (AvgIpc) is 3.29. The van der Waals surface area contributed by atoms with E-state index in [4.69, 9.17) is 14.5 Å². The van der Waals surface area contributed by atoms with Crippen LogP contribution < -0.4 is 4.74 Å². The summed E-state index contributed by atoms with van der Waals surface area (Å²) in [5.74, 6) is 1.57. The van der Waals surface area contributed by atoms with E-state index in [0.29, 0.717) is 55.7 Å². The Labute approximate surface area is 216 Å². The Morgan fingerprint density at radius 2 is 1.92 bits per heavy atom. The number of hydrogen-bond donors (Lipinski definition) is 0. The lowest BCUT2D eigenvalue weighted by Gasteiger charge is -2.32. The first-order chi connectivity index (χ1) is 18.0. The van der Waals surface area contributed by atoms with Gasteiger partial charge in [-0.15, -0.1) is 0 Å². The molecule has 0 radical (unpaired) electrons. The van der Waals surface area contributed by atoms with Gasteiger partial charge in [-0.05, 0) is 31.3 Å². The molecule has 0 saturated carbocycles. The van der Waals surface area contributed by atoms with Gasteiger partial charge in [0.1, 0.15) is 23.7 Å². The highest BCUT2D eigenvalue weighted by Crippen LogP contribution is 2.27. The van der Waals surface area contributed by atoms with Crippen LogP contribution in [-0.2, 0) is 18.2 Å². The van der Waals surface area contributed by atoms with Gasteiger partial charge in [-0.2, -0.15) is 5.26 Å². The van der Waals surface area contributed by atoms with Crippen LogP contribution in [0.1, 0.15) is 40.5 Å². The molecule has 0 unspecified atom stereocenters. The molecule has 0 spiro atoms. The van der Waals surface area contributed by atoms with Crippen molar-refractivity contribution in [3.63, 3.8) is 0 Å². The predicted octanol–water partition coefficient (Wildman–Crippen LogP) is 2.28. The van der Waals surface area contributed by atoms with Gasteiger partial charge in [-0.3, -0.25) is 4.79 Å². The molecule has 3 aromatic rings. The number of aromatic nitrogens is 4. The van der Waals surface area contributed by atoms with E-state index >= 15 is 0 Å². The van der Waals surface area contributed by atoms with E-state index < -0.39 is 0 Å². The number of likely N-dealkylation sites (N-methyl/N-ethyl adjacent to an activating group) is 1. The Bertz CT molecular complexity index is 1300. The fraction of sp³-hybridized carbons (Fsp3) is 0.444. The van der Waals surface area contributed by atoms with E-state index in [0.717, 1.165) is 42.9 Å². The molecule has 2 saturated heterocycles. The highest BCUT2D eigenvalue weighted by Gasteiger charge is 2.24. The Kier molecular flexibility index (Phi) is 7.44. The lowest BCUT2D eigenvalue weighted by Crippen LogP contribution is -2.47. The molecule has 1 amide bonds. The van der Waals surface area contributed by atoms with Gasteiger partial charge in [0.2, 0.25) is 0 Å². The first-order valence-corrected chi connectivity index (χ1v) is 12.6. The van der Waals surface area contributed by atoms with Crippen LogP contribution in [0.25, 0.3) is 11.3 Å². The molecule has 0 aliphatic carbocycles. The van der Waals surface area contributed by atoms with Crippen molar-refractivity contribution in [3.8, 4) is 23.1 Å². The van der Waals surface area contributed by atoms with Gasteiger partial charge in [0.05, 0.1) is 24.5 Å². The topological polar surface area (TPSA) is 109 Å². The van der Waals surface area contributed by atoms with Crippen LogP contribution in [0.3, 0.4) is 0 Å². The Hall–Kier alpha value is -3.81. The van der Waals surface area contributed by atoms with E-state index in [1.807, 2.05) is 34.7 Å². The molecular weight excluding hydrogens is 470 g/mol. The number of nitrogens with zero attached hydrogens (tertiary/aromatic N) is 7. The monoisotopic (exact) mass is 501 g/mol. The van der Waals surface area contributed by atoms with Crippen LogP contribution >= 0.6 is 0 Å². The number of piperazine rings is 1. The highest BCUT2D eigenvalue weighted by atomic mass is 16.5. The van der Waals surface area contributed by atoms with Crippen molar-refractivity contribution in [2.24, 2.45) is 7.05 Å². The summed E-state index contributed by atoms with van der Waals surface area (Å²) in [7, 11) is 3.91. The Morgan fingerprint density at radius 1 is 1.14 bits per heavy atom. The zero-order valence-corrected chi connectivity index (χ0v) is 21.3. The summed E-state index contributed by atoms with van der Waals surface area (Å²) < 4.78 is 13.3. The third-order valence-electron chi connectivity index (χ3n) is 6.97. The second kappa shape index (κ2) is 11.1. The summed E-state index contributed by atoms with van der Waals surface area (Å²) in [4.78, 5) is 30.6. The van der Waals surface area contributed by atoms with E-state index in [2.05, 4.69) is 28.0 Å². The molecule has 5 rings (SSSR count). The van der Waals surface area contributed by atoms with Crippen LogP contribution in [0, 0.1) is 11.3 Å². The van der Waals surface area contributed by atoms with Gasteiger partial charge in [0.15, 0.2) is 5.82 Å². The molecule has 10 nitrogen and oxygen atoms in total. The first-order valence-electron chi connectivity index (χ1n) is 12.6. The zero-order chi connectivity index (χ0) is 25.8. The fourth-order valence-electron chi connectivity index (χ4n) is 4.62. The number of ether oxygens (including phenoxy) is 2. The molecular formula is C27H31N7O3. The largest absolute Gasteiger partial charge is 0.489 e. The van der Waals surface area contributed by atoms with E-state index in [9.17, 15) is 10.1 Å². The number of nitriles is 1. The van der Waals surface area contributed by atoms with Gasteiger partial charge < -0.3 is 23.8 Å². The first kappa shape index (κ1) is 24.9. The van der Waals surface area contributed by atoms with Crippen molar-refractivity contribution in [1.82, 2.24) is 29.3 Å². The van der Waals surface area contributed by atoms with Crippen molar-refractivity contribution in [3.05, 3.63) is 59.6 Å². The molecule has 192 valence electrons. The molecule has 1 aromatic carbocycles. The lowest BCUT2D eigenvalue weighted by molar-refractivity contribution is 0.0254. The van der Waals surface area contributed by atoms with Gasteiger partial charge in [0.25, 0.3) is 5.91 Å². The minimum absolute atomic E-state index is 0.0522. The number of amides is 1. The van der Waals surface area contributed by atoms with Crippen LogP contribution in [0.5, 0.6) is 5.75 Å². The highest BCUT2D eigenvalue weighted by molar-refractivity contribution is 5.91. The molecule has 2 aromatic heterocycles. The van der Waals surface area contributed by atoms with Gasteiger partial charge in [-0.25, -0.2) is 15.0 Å². The summed E-state index contributed by atoms with van der Waals surface area (Å²) in [6.45, 7) is 4.48. The number of hydrogen-bond acceptors (Lipinski definition) is 8. The predicted molar refractivity (Wildman–Crippen MR) is 136 cm³/mol. The Balaban J connectivity index is 1.31. The van der Waals surface area contributed by atoms with Crippen LogP contribution in [0.4, 0.5) is 0 Å². The number of carbonyl (C=O) groups is 1. The standard InChI is InChI=1S/C27H31N7O3/c1-32-9-11-34(12-10-32)27(35)26-30-18-21(33(26)2)16-25-29-8-5-23(31-25)19-3-4-24(20(15-19)17-28)37-22-6-13-36-14-7-22/h3-5,8,15,18,22H,6-7,9-14,16H2,1-2H3. The van der Waals surface area contributed by atoms with Gasteiger partial charge in [-0.1, -0.05) is 0 Å². The minimum atomic E-state index is -0.0522. The number of rotatable bonds is 6. The van der Waals surface area contributed by atoms with Crippen molar-refractivity contribution in [2.75, 3.05) is 46.4 Å². The smallest absolute Gasteiger partial charge is 0.289 e. The van der Waals surface area contributed by atoms with E-state index in [-0.39, 0.29) is 12.0 Å². The summed E-state index contributed by atoms with van der Waals surface area (Å²) in [5, 5.41) is 9.72. The van der Waals surface area contributed by atoms with Crippen molar-refractivity contribution in [2.45, 2.75) is 25.4 Å². The molecule has 2 fully saturated rings. The number of benzene rings is 1. The molecule has 2 aliphatic rings. The Morgan fingerprint density at radius 3 is 2.68 bits per heavy atom. The van der Waals surface area contributed by atoms with Crippen molar-refractivity contribution in [1.29, 1.82) is 5.26 Å². The van der Waals surface area contributed by atoms with Crippen molar-refractivity contribution >= 4 is 5.91 Å². The third kappa shape index (κ3) is 5.63. The molecule has 0 atom stereocenters. The SMILES string of the molecule is CN1CCN(C(=O)c2ncc(Cc3nccc(-c4ccc(OC5CCOCC5)c(C#N)c4)n3)n2C)CC1. The molecule has 0 N–H and O–H groups in total. The fourth-order valence-corrected chi connectivity index (χ4v) is 4.62. The second-order valence-electron chi connectivity index (χ2n) is 9.51. The maximum absolute atomic E-state index is 13.0. The maximum Gasteiger partial charge on any atom is 0.289 e. The van der Waals surface area contributed by atoms with Crippen LogP contribution in [0.2, 0.25) is 0 Å². The minimum Gasteiger partial charge on any atom is -0.489 e. The summed E-state index contributed by atoms with van der Waals surface area (Å²) in [6, 6.07) is 9.63. The number of carbonyl (C=O) groups excluding carboxylic acids is 1. The maximum atomic E-state index is 13.0. The van der Waals surface area contributed by atoms with Crippen LogP contribution in [0.15, 0.2) is 36.7 Å². The summed E-state index contributed by atoms with van der Waals surface area (Å²) >= 11 is 0. The summed E-state index contributed by atoms with van der Waals surface area (Å²) in [6.07, 6.45) is 5.56. The molecule has 2 aliphatic heterocycles. The average molecular weight is 502 g/mol. The third-order valence-corrected chi connectivity index (χ3v) is 6.97. The molecule has 4 heterocycles. The second-order valence-corrected chi connectivity index (χ2v) is 9.51. The zero-order valence-electron chi connectivity index (χ0n) is 21.3. The van der Waals surface area contributed by atoms with E-state index in [1.165, 1.54) is 0 Å². The molecule has 0 bridgehead atoms. The summed E-state index contributed by atoms with van der Waals surface area (Å²) in [5.41, 5.74) is 2.86. The van der Waals surface area contributed by atoms with Crippen molar-refractivity contribution < 1.29 is 14.3 Å². The van der Waals surface area contributed by atoms with Gasteiger partial charge in [0, 0.05) is 76.1 Å². The number of imidazole rings is 1. The normalized spacial score (nSPS) is 16.9. The molecule has 10 heteroatoms. The van der Waals surface area contributed by atoms with Gasteiger partial charge >= 0.3 is 0 Å². The van der Waals surface area contributed by atoms with E-state index in [1.54, 1.807) is 18.5 Å².